The van der Waals surface area contributed by atoms with Crippen LogP contribution < -0.4 is 0 Å². The third-order valence-electron chi connectivity index (χ3n) is 5.81. The molecule has 1 amide bonds. The predicted molar refractivity (Wildman–Crippen MR) is 93.6 cm³/mol. The number of likely N-dealkylation sites (tertiary alicyclic amines) is 1. The fourth-order valence-corrected chi connectivity index (χ4v) is 4.59. The Balaban J connectivity index is 1.56. The molecule has 132 valence electrons. The molecule has 4 rings (SSSR count). The van der Waals surface area contributed by atoms with E-state index in [4.69, 9.17) is 4.74 Å². The second-order valence-electron chi connectivity index (χ2n) is 7.23. The minimum atomic E-state index is 0.107. The molecule has 0 N–H and O–H groups in total. The maximum atomic E-state index is 13.1. The van der Waals surface area contributed by atoms with Crippen LogP contribution in [-0.2, 0) is 4.74 Å². The highest BCUT2D eigenvalue weighted by Crippen LogP contribution is 2.46. The molecule has 1 saturated heterocycles. The normalized spacial score (nSPS) is 26.3. The van der Waals surface area contributed by atoms with Crippen molar-refractivity contribution in [2.45, 2.75) is 38.2 Å². The Morgan fingerprint density at radius 3 is 2.84 bits per heavy atom. The molecule has 1 saturated carbocycles. The van der Waals surface area contributed by atoms with Crippen molar-refractivity contribution >= 4 is 5.91 Å². The number of piperidine rings is 1. The van der Waals surface area contributed by atoms with Crippen LogP contribution in [0.1, 0.15) is 42.5 Å². The maximum absolute atomic E-state index is 13.1. The number of benzene rings is 1. The molecule has 1 aliphatic carbocycles. The highest BCUT2D eigenvalue weighted by atomic mass is 16.5. The molecule has 1 spiro atoms. The van der Waals surface area contributed by atoms with Gasteiger partial charge in [0, 0.05) is 36.9 Å². The van der Waals surface area contributed by atoms with E-state index in [2.05, 4.69) is 10.2 Å². The van der Waals surface area contributed by atoms with E-state index >= 15 is 0 Å². The van der Waals surface area contributed by atoms with E-state index in [-0.39, 0.29) is 17.4 Å². The van der Waals surface area contributed by atoms with Crippen molar-refractivity contribution in [3.63, 3.8) is 0 Å². The molecule has 2 atom stereocenters. The number of hydrogen-bond acceptors (Lipinski definition) is 4. The van der Waals surface area contributed by atoms with Crippen molar-refractivity contribution in [1.82, 2.24) is 19.7 Å². The smallest absolute Gasteiger partial charge is 0.253 e. The number of aromatic nitrogens is 3. The molecule has 0 unspecified atom stereocenters. The second kappa shape index (κ2) is 6.59. The van der Waals surface area contributed by atoms with Crippen LogP contribution in [0, 0.1) is 5.41 Å². The molecule has 2 aromatic rings. The van der Waals surface area contributed by atoms with Crippen LogP contribution in [0.2, 0.25) is 0 Å². The first-order valence-electron chi connectivity index (χ1n) is 8.99. The summed E-state index contributed by atoms with van der Waals surface area (Å²) in [7, 11) is 1.81. The van der Waals surface area contributed by atoms with Gasteiger partial charge in [0.25, 0.3) is 5.91 Å². The lowest BCUT2D eigenvalue weighted by Gasteiger charge is -2.43. The first kappa shape index (κ1) is 16.3. The van der Waals surface area contributed by atoms with E-state index in [1.54, 1.807) is 19.8 Å². The third kappa shape index (κ3) is 2.95. The Morgan fingerprint density at radius 2 is 2.04 bits per heavy atom. The van der Waals surface area contributed by atoms with E-state index in [1.807, 2.05) is 33.7 Å². The van der Waals surface area contributed by atoms with Crippen molar-refractivity contribution in [3.8, 4) is 5.69 Å². The van der Waals surface area contributed by atoms with Crippen LogP contribution in [-0.4, -0.2) is 51.9 Å². The summed E-state index contributed by atoms with van der Waals surface area (Å²) in [6, 6.07) is 7.67. The number of methoxy groups -OCH3 is 1. The topological polar surface area (TPSA) is 60.2 Å². The lowest BCUT2D eigenvalue weighted by molar-refractivity contribution is -0.0295. The summed E-state index contributed by atoms with van der Waals surface area (Å²) in [4.78, 5) is 15.1. The molecule has 6 heteroatoms. The van der Waals surface area contributed by atoms with E-state index < -0.39 is 0 Å². The van der Waals surface area contributed by atoms with Crippen LogP contribution in [0.25, 0.3) is 5.69 Å². The maximum Gasteiger partial charge on any atom is 0.253 e. The van der Waals surface area contributed by atoms with Gasteiger partial charge < -0.3 is 9.64 Å². The van der Waals surface area contributed by atoms with Gasteiger partial charge in [0.05, 0.1) is 6.10 Å². The standard InChI is InChI=1S/C19H24N4O2/c1-25-17-7-3-8-19(17)9-4-10-22(12-19)18(24)15-5-2-6-16(11-15)23-13-20-21-14-23/h2,5-6,11,13-14,17H,3-4,7-10,12H2,1H3/t17-,19+/m1/s1. The van der Waals surface area contributed by atoms with E-state index in [1.165, 1.54) is 6.42 Å². The number of carbonyl (C=O) groups is 1. The molecule has 2 fully saturated rings. The van der Waals surface area contributed by atoms with Gasteiger partial charge in [-0.3, -0.25) is 9.36 Å². The number of ether oxygens (including phenoxy) is 1. The SMILES string of the molecule is CO[C@@H]1CCC[C@@]12CCCN(C(=O)c1cccc(-n3cnnc3)c1)C2. The fourth-order valence-electron chi connectivity index (χ4n) is 4.59. The van der Waals surface area contributed by atoms with Crippen molar-refractivity contribution in [3.05, 3.63) is 42.5 Å². The lowest BCUT2D eigenvalue weighted by Crippen LogP contribution is -2.49. The van der Waals surface area contributed by atoms with Gasteiger partial charge in [-0.1, -0.05) is 12.5 Å². The summed E-state index contributed by atoms with van der Waals surface area (Å²) in [6.07, 6.45) is 9.25. The van der Waals surface area contributed by atoms with Gasteiger partial charge in [0.1, 0.15) is 12.7 Å². The largest absolute Gasteiger partial charge is 0.381 e. The van der Waals surface area contributed by atoms with E-state index in [0.29, 0.717) is 0 Å². The Morgan fingerprint density at radius 1 is 1.24 bits per heavy atom. The Kier molecular flexibility index (Phi) is 4.29. The summed E-state index contributed by atoms with van der Waals surface area (Å²) in [5, 5.41) is 7.66. The average molecular weight is 340 g/mol. The van der Waals surface area contributed by atoms with Gasteiger partial charge in [-0.25, -0.2) is 0 Å². The predicted octanol–water partition coefficient (Wildman–Crippen LogP) is 2.69. The molecular weight excluding hydrogens is 316 g/mol. The molecule has 2 heterocycles. The minimum absolute atomic E-state index is 0.107. The van der Waals surface area contributed by atoms with Gasteiger partial charge in [0.2, 0.25) is 0 Å². The first-order chi connectivity index (χ1) is 12.2. The summed E-state index contributed by atoms with van der Waals surface area (Å²) < 4.78 is 7.56. The van der Waals surface area contributed by atoms with Crippen LogP contribution in [0.5, 0.6) is 0 Å². The minimum Gasteiger partial charge on any atom is -0.381 e. The van der Waals surface area contributed by atoms with Crippen molar-refractivity contribution in [2.24, 2.45) is 5.41 Å². The number of amides is 1. The van der Waals surface area contributed by atoms with Crippen molar-refractivity contribution in [1.29, 1.82) is 0 Å². The number of rotatable bonds is 3. The third-order valence-corrected chi connectivity index (χ3v) is 5.81. The quantitative estimate of drug-likeness (QED) is 0.862. The number of hydrogen-bond donors (Lipinski definition) is 0. The highest BCUT2D eigenvalue weighted by molar-refractivity contribution is 5.94. The molecular formula is C19H24N4O2. The summed E-state index contributed by atoms with van der Waals surface area (Å²) in [6.45, 7) is 1.63. The van der Waals surface area contributed by atoms with Gasteiger partial charge in [0.15, 0.2) is 0 Å². The van der Waals surface area contributed by atoms with Gasteiger partial charge >= 0.3 is 0 Å². The molecule has 0 bridgehead atoms. The van der Waals surface area contributed by atoms with Crippen LogP contribution in [0.4, 0.5) is 0 Å². The van der Waals surface area contributed by atoms with Crippen LogP contribution in [0.15, 0.2) is 36.9 Å². The monoisotopic (exact) mass is 340 g/mol. The zero-order valence-electron chi connectivity index (χ0n) is 14.6. The average Bonchev–Trinajstić information content (AvgIpc) is 3.31. The van der Waals surface area contributed by atoms with Crippen LogP contribution >= 0.6 is 0 Å². The summed E-state index contributed by atoms with van der Waals surface area (Å²) >= 11 is 0. The molecule has 6 nitrogen and oxygen atoms in total. The lowest BCUT2D eigenvalue weighted by atomic mass is 9.76. The van der Waals surface area contributed by atoms with Crippen molar-refractivity contribution < 1.29 is 9.53 Å². The first-order valence-corrected chi connectivity index (χ1v) is 8.99. The van der Waals surface area contributed by atoms with Gasteiger partial charge in [-0.2, -0.15) is 0 Å². The summed E-state index contributed by atoms with van der Waals surface area (Å²) in [5.41, 5.74) is 1.77. The number of nitrogens with zero attached hydrogens (tertiary/aromatic N) is 4. The molecule has 1 aliphatic heterocycles. The Labute approximate surface area is 147 Å². The van der Waals surface area contributed by atoms with Gasteiger partial charge in [-0.15, -0.1) is 10.2 Å². The molecule has 1 aromatic carbocycles. The van der Waals surface area contributed by atoms with Crippen LogP contribution in [0.3, 0.4) is 0 Å². The molecule has 0 radical (unpaired) electrons. The fraction of sp³-hybridized carbons (Fsp3) is 0.526. The zero-order valence-corrected chi connectivity index (χ0v) is 14.6. The second-order valence-corrected chi connectivity index (χ2v) is 7.23. The van der Waals surface area contributed by atoms with Gasteiger partial charge in [-0.05, 0) is 43.9 Å². The van der Waals surface area contributed by atoms with E-state index in [9.17, 15) is 4.79 Å². The molecule has 1 aromatic heterocycles. The molecule has 25 heavy (non-hydrogen) atoms. The Bertz CT molecular complexity index is 746. The number of carbonyl (C=O) groups excluding carboxylic acids is 1. The molecule has 2 aliphatic rings. The van der Waals surface area contributed by atoms with E-state index in [0.717, 1.165) is 50.0 Å². The Hall–Kier alpha value is -2.21. The highest BCUT2D eigenvalue weighted by Gasteiger charge is 2.46. The summed E-state index contributed by atoms with van der Waals surface area (Å²) in [5.74, 6) is 0.107. The van der Waals surface area contributed by atoms with Crippen molar-refractivity contribution in [2.75, 3.05) is 20.2 Å². The zero-order chi connectivity index (χ0) is 17.3.